The Labute approximate surface area is 114 Å². The quantitative estimate of drug-likeness (QED) is 0.690. The zero-order chi connectivity index (χ0) is 14.3. The second-order valence-electron chi connectivity index (χ2n) is 4.44. The number of nitrogens with two attached hydrogens (primary N) is 1. The number of aliphatic hydroxyl groups excluding tert-OH is 1. The van der Waals surface area contributed by atoms with Crippen LogP contribution in [0.4, 0.5) is 16.2 Å². The molecule has 106 valence electrons. The summed E-state index contributed by atoms with van der Waals surface area (Å²) in [5, 5.41) is 11.9. The first kappa shape index (κ1) is 15.3. The molecule has 5 nitrogen and oxygen atoms in total. The van der Waals surface area contributed by atoms with E-state index in [4.69, 9.17) is 10.8 Å². The van der Waals surface area contributed by atoms with Crippen molar-refractivity contribution in [1.29, 1.82) is 0 Å². The van der Waals surface area contributed by atoms with E-state index in [9.17, 15) is 4.79 Å². The van der Waals surface area contributed by atoms with Crippen LogP contribution < -0.4 is 11.1 Å². The lowest BCUT2D eigenvalue weighted by Gasteiger charge is -2.30. The van der Waals surface area contributed by atoms with Crippen molar-refractivity contribution in [2.45, 2.75) is 32.7 Å². The monoisotopic (exact) mass is 265 g/mol. The lowest BCUT2D eigenvalue weighted by molar-refractivity contribution is 0.158. The Hall–Kier alpha value is -1.75. The maximum atomic E-state index is 12.2. The van der Waals surface area contributed by atoms with Crippen LogP contribution in [0.5, 0.6) is 0 Å². The molecule has 19 heavy (non-hydrogen) atoms. The Morgan fingerprint density at radius 1 is 1.42 bits per heavy atom. The largest absolute Gasteiger partial charge is 0.399 e. The maximum Gasteiger partial charge on any atom is 0.322 e. The van der Waals surface area contributed by atoms with Crippen molar-refractivity contribution in [1.82, 2.24) is 4.90 Å². The van der Waals surface area contributed by atoms with E-state index >= 15 is 0 Å². The van der Waals surface area contributed by atoms with Gasteiger partial charge < -0.3 is 21.1 Å². The van der Waals surface area contributed by atoms with Crippen molar-refractivity contribution in [2.24, 2.45) is 0 Å². The number of carbonyl (C=O) groups is 1. The van der Waals surface area contributed by atoms with Gasteiger partial charge in [-0.2, -0.15) is 0 Å². The van der Waals surface area contributed by atoms with Crippen molar-refractivity contribution in [3.63, 3.8) is 0 Å². The number of urea groups is 1. The van der Waals surface area contributed by atoms with Crippen molar-refractivity contribution >= 4 is 17.4 Å². The molecule has 1 aromatic rings. The first-order valence-corrected chi connectivity index (χ1v) is 6.66. The van der Waals surface area contributed by atoms with Gasteiger partial charge in [0.05, 0.1) is 6.61 Å². The predicted molar refractivity (Wildman–Crippen MR) is 78.0 cm³/mol. The first-order valence-electron chi connectivity index (χ1n) is 6.66. The van der Waals surface area contributed by atoms with Gasteiger partial charge in [0, 0.05) is 24.0 Å². The van der Waals surface area contributed by atoms with Gasteiger partial charge >= 0.3 is 6.03 Å². The number of hydrogen-bond acceptors (Lipinski definition) is 3. The highest BCUT2D eigenvalue weighted by Gasteiger charge is 2.20. The first-order chi connectivity index (χ1) is 9.12. The van der Waals surface area contributed by atoms with Crippen LogP contribution in [0.3, 0.4) is 0 Å². The molecule has 1 aromatic carbocycles. The van der Waals surface area contributed by atoms with Crippen LogP contribution in [0.15, 0.2) is 24.3 Å². The van der Waals surface area contributed by atoms with E-state index in [0.717, 1.165) is 12.8 Å². The minimum Gasteiger partial charge on any atom is -0.399 e. The Morgan fingerprint density at radius 2 is 2.11 bits per heavy atom. The fraction of sp³-hybridized carbons (Fsp3) is 0.500. The van der Waals surface area contributed by atoms with E-state index < -0.39 is 0 Å². The highest BCUT2D eigenvalue weighted by molar-refractivity contribution is 5.90. The molecule has 0 saturated carbocycles. The summed E-state index contributed by atoms with van der Waals surface area (Å²) in [5.74, 6) is 0. The number of nitrogens with zero attached hydrogens (tertiary/aromatic N) is 1. The molecular weight excluding hydrogens is 242 g/mol. The Kier molecular flexibility index (Phi) is 6.15. The van der Waals surface area contributed by atoms with E-state index in [1.165, 1.54) is 0 Å². The second kappa shape index (κ2) is 7.63. The summed E-state index contributed by atoms with van der Waals surface area (Å²) in [7, 11) is 0. The minimum atomic E-state index is -0.201. The van der Waals surface area contributed by atoms with Gasteiger partial charge in [0.15, 0.2) is 0 Å². The molecule has 1 rings (SSSR count). The van der Waals surface area contributed by atoms with Gasteiger partial charge in [-0.1, -0.05) is 19.9 Å². The molecule has 0 aliphatic heterocycles. The molecule has 0 heterocycles. The van der Waals surface area contributed by atoms with Crippen molar-refractivity contribution in [3.05, 3.63) is 24.3 Å². The van der Waals surface area contributed by atoms with Crippen LogP contribution in [0.25, 0.3) is 0 Å². The van der Waals surface area contributed by atoms with Crippen LogP contribution in [0.1, 0.15) is 26.7 Å². The van der Waals surface area contributed by atoms with Crippen LogP contribution in [-0.4, -0.2) is 35.2 Å². The van der Waals surface area contributed by atoms with E-state index in [0.29, 0.717) is 17.9 Å². The lowest BCUT2D eigenvalue weighted by Crippen LogP contribution is -2.44. The van der Waals surface area contributed by atoms with Crippen LogP contribution in [-0.2, 0) is 0 Å². The zero-order valence-electron chi connectivity index (χ0n) is 11.6. The minimum absolute atomic E-state index is 0.0408. The fourth-order valence-corrected chi connectivity index (χ4v) is 2.10. The molecule has 0 spiro atoms. The summed E-state index contributed by atoms with van der Waals surface area (Å²) in [6.45, 7) is 4.36. The Bertz CT molecular complexity index is 405. The third-order valence-corrected chi connectivity index (χ3v) is 3.12. The molecule has 2 amide bonds. The molecule has 0 aromatic heterocycles. The van der Waals surface area contributed by atoms with Crippen molar-refractivity contribution in [2.75, 3.05) is 24.2 Å². The molecule has 0 bridgehead atoms. The number of carbonyl (C=O) groups excluding carboxylic acids is 1. The topological polar surface area (TPSA) is 78.6 Å². The van der Waals surface area contributed by atoms with E-state index in [1.54, 1.807) is 29.2 Å². The molecule has 0 fully saturated rings. The van der Waals surface area contributed by atoms with E-state index in [1.807, 2.05) is 13.8 Å². The maximum absolute atomic E-state index is 12.2. The highest BCUT2D eigenvalue weighted by Crippen LogP contribution is 2.15. The van der Waals surface area contributed by atoms with Crippen LogP contribution in [0, 0.1) is 0 Å². The number of amides is 2. The zero-order valence-corrected chi connectivity index (χ0v) is 11.6. The number of nitrogen functional groups attached to an aromatic ring is 1. The SMILES string of the molecule is CCC(CC)N(CCO)C(=O)Nc1cccc(N)c1. The normalized spacial score (nSPS) is 10.5. The molecule has 0 radical (unpaired) electrons. The molecular formula is C14H23N3O2. The van der Waals surface area contributed by atoms with Crippen molar-refractivity contribution < 1.29 is 9.90 Å². The van der Waals surface area contributed by atoms with Crippen LogP contribution in [0.2, 0.25) is 0 Å². The third kappa shape index (κ3) is 4.44. The second-order valence-corrected chi connectivity index (χ2v) is 4.44. The Balaban J connectivity index is 2.76. The number of benzene rings is 1. The summed E-state index contributed by atoms with van der Waals surface area (Å²) in [6.07, 6.45) is 1.72. The van der Waals surface area contributed by atoms with E-state index in [-0.39, 0.29) is 18.7 Å². The smallest absolute Gasteiger partial charge is 0.322 e. The molecule has 0 aliphatic carbocycles. The van der Waals surface area contributed by atoms with Gasteiger partial charge in [-0.15, -0.1) is 0 Å². The number of aliphatic hydroxyl groups is 1. The van der Waals surface area contributed by atoms with Crippen LogP contribution >= 0.6 is 0 Å². The summed E-state index contributed by atoms with van der Waals surface area (Å²) in [4.78, 5) is 13.9. The van der Waals surface area contributed by atoms with E-state index in [2.05, 4.69) is 5.32 Å². The highest BCUT2D eigenvalue weighted by atomic mass is 16.3. The average molecular weight is 265 g/mol. The van der Waals surface area contributed by atoms with Gasteiger partial charge in [0.1, 0.15) is 0 Å². The number of nitrogens with one attached hydrogen (secondary N) is 1. The number of hydrogen-bond donors (Lipinski definition) is 3. The van der Waals surface area contributed by atoms with Crippen molar-refractivity contribution in [3.8, 4) is 0 Å². The molecule has 0 aliphatic rings. The Morgan fingerprint density at radius 3 is 2.63 bits per heavy atom. The summed E-state index contributed by atoms with van der Waals surface area (Å²) >= 11 is 0. The van der Waals surface area contributed by atoms with Gasteiger partial charge in [0.25, 0.3) is 0 Å². The third-order valence-electron chi connectivity index (χ3n) is 3.12. The van der Waals surface area contributed by atoms with Gasteiger partial charge in [-0.05, 0) is 31.0 Å². The molecule has 4 N–H and O–H groups in total. The molecule has 0 saturated heterocycles. The summed E-state index contributed by atoms with van der Waals surface area (Å²) in [5.41, 5.74) is 6.95. The fourth-order valence-electron chi connectivity index (χ4n) is 2.10. The molecule has 0 unspecified atom stereocenters. The van der Waals surface area contributed by atoms with Gasteiger partial charge in [-0.3, -0.25) is 0 Å². The number of rotatable bonds is 6. The lowest BCUT2D eigenvalue weighted by atomic mass is 10.1. The average Bonchev–Trinajstić information content (AvgIpc) is 2.39. The summed E-state index contributed by atoms with van der Waals surface area (Å²) < 4.78 is 0. The summed E-state index contributed by atoms with van der Waals surface area (Å²) in [6, 6.07) is 6.99. The van der Waals surface area contributed by atoms with Gasteiger partial charge in [-0.25, -0.2) is 4.79 Å². The predicted octanol–water partition coefficient (Wildman–Crippen LogP) is 2.28. The number of anilines is 2. The van der Waals surface area contributed by atoms with Gasteiger partial charge in [0.2, 0.25) is 0 Å². The molecule has 5 heteroatoms. The standard InChI is InChI=1S/C14H23N3O2/c1-3-13(4-2)17(8-9-18)14(19)16-12-7-5-6-11(15)10-12/h5-7,10,13,18H,3-4,8-9,15H2,1-2H3,(H,16,19). The molecule has 0 atom stereocenters.